The fourth-order valence-electron chi connectivity index (χ4n) is 2.84. The van der Waals surface area contributed by atoms with E-state index >= 15 is 0 Å². The molecule has 1 heterocycles. The molecule has 0 radical (unpaired) electrons. The van der Waals surface area contributed by atoms with Crippen molar-refractivity contribution >= 4 is 15.7 Å². The van der Waals surface area contributed by atoms with Crippen LogP contribution in [0.3, 0.4) is 0 Å². The number of rotatable bonds is 5. The number of hydrogen-bond donors (Lipinski definition) is 0. The van der Waals surface area contributed by atoms with Crippen LogP contribution in [-0.2, 0) is 14.6 Å². The molecule has 0 saturated carbocycles. The Bertz CT molecular complexity index is 845. The fourth-order valence-corrected chi connectivity index (χ4v) is 4.57. The van der Waals surface area contributed by atoms with E-state index in [4.69, 9.17) is 4.74 Å². The van der Waals surface area contributed by atoms with Gasteiger partial charge in [0.15, 0.2) is 9.84 Å². The molecule has 5 nitrogen and oxygen atoms in total. The number of nitrogens with zero attached hydrogens (tertiary/aromatic N) is 1. The van der Waals surface area contributed by atoms with E-state index < -0.39 is 64.9 Å². The Morgan fingerprint density at radius 3 is 1.90 bits per heavy atom. The van der Waals surface area contributed by atoms with Crippen LogP contribution in [-0.4, -0.2) is 62.7 Å². The van der Waals surface area contributed by atoms with Gasteiger partial charge in [-0.15, -0.1) is 0 Å². The predicted molar refractivity (Wildman–Crippen MR) is 85.7 cm³/mol. The van der Waals surface area contributed by atoms with Crippen LogP contribution in [0.2, 0.25) is 0 Å². The zero-order chi connectivity index (χ0) is 22.3. The molecule has 1 aliphatic rings. The first-order chi connectivity index (χ1) is 13.2. The molecule has 0 aromatic heterocycles. The number of sulfone groups is 1. The number of benzene rings is 1. The number of methoxy groups -OCH3 is 1. The zero-order valence-electron chi connectivity index (χ0n) is 14.8. The van der Waals surface area contributed by atoms with Crippen LogP contribution in [0.5, 0.6) is 5.75 Å². The maximum absolute atomic E-state index is 13.6. The summed E-state index contributed by atoms with van der Waals surface area (Å²) in [7, 11) is -2.56. The number of piperidine rings is 1. The molecule has 13 heteroatoms. The predicted octanol–water partition coefficient (Wildman–Crippen LogP) is 3.29. The molecule has 29 heavy (non-hydrogen) atoms. The summed E-state index contributed by atoms with van der Waals surface area (Å²) >= 11 is 0. The van der Waals surface area contributed by atoms with Gasteiger partial charge in [0, 0.05) is 13.1 Å². The van der Waals surface area contributed by atoms with Gasteiger partial charge in [0.2, 0.25) is 0 Å². The molecule has 0 bridgehead atoms. The summed E-state index contributed by atoms with van der Waals surface area (Å²) in [5.41, 5.74) is 0. The average molecular weight is 451 g/mol. The SMILES string of the molecule is COc1ccc(S(=O)(=O)C2CCN(C(=O)C(F)(F)C(F)(F)C(F)(F)F)CC2)cc1. The van der Waals surface area contributed by atoms with E-state index in [9.17, 15) is 43.9 Å². The molecule has 2 rings (SSSR count). The summed E-state index contributed by atoms with van der Waals surface area (Å²) in [5, 5.41) is -1.11. The van der Waals surface area contributed by atoms with E-state index in [0.29, 0.717) is 5.75 Å². The molecule has 0 N–H and O–H groups in total. The number of amides is 1. The van der Waals surface area contributed by atoms with Gasteiger partial charge in [0.1, 0.15) is 5.75 Å². The third-order valence-electron chi connectivity index (χ3n) is 4.57. The number of halogens is 7. The highest BCUT2D eigenvalue weighted by Crippen LogP contribution is 2.47. The number of alkyl halides is 7. The molecule has 1 fully saturated rings. The van der Waals surface area contributed by atoms with Crippen molar-refractivity contribution in [1.29, 1.82) is 0 Å². The van der Waals surface area contributed by atoms with E-state index in [1.807, 2.05) is 0 Å². The molecule has 1 aromatic rings. The molecule has 1 aliphatic heterocycles. The van der Waals surface area contributed by atoms with Crippen molar-refractivity contribution in [3.05, 3.63) is 24.3 Å². The van der Waals surface area contributed by atoms with E-state index in [1.165, 1.54) is 31.4 Å². The third kappa shape index (κ3) is 4.14. The first-order valence-electron chi connectivity index (χ1n) is 8.16. The summed E-state index contributed by atoms with van der Waals surface area (Å²) in [6.07, 6.45) is -7.41. The minimum atomic E-state index is -6.62. The lowest BCUT2D eigenvalue weighted by molar-refractivity contribution is -0.346. The van der Waals surface area contributed by atoms with Gasteiger partial charge in [-0.1, -0.05) is 0 Å². The minimum Gasteiger partial charge on any atom is -0.497 e. The van der Waals surface area contributed by atoms with Gasteiger partial charge in [-0.05, 0) is 37.1 Å². The number of likely N-dealkylation sites (tertiary alicyclic amines) is 1. The van der Waals surface area contributed by atoms with Crippen molar-refractivity contribution in [3.63, 3.8) is 0 Å². The van der Waals surface area contributed by atoms with Gasteiger partial charge < -0.3 is 9.64 Å². The first-order valence-corrected chi connectivity index (χ1v) is 9.70. The normalized spacial score (nSPS) is 17.3. The molecule has 0 unspecified atom stereocenters. The Hall–Kier alpha value is -2.05. The van der Waals surface area contributed by atoms with Crippen LogP contribution < -0.4 is 4.74 Å². The average Bonchev–Trinajstić information content (AvgIpc) is 2.66. The maximum Gasteiger partial charge on any atom is 0.460 e. The van der Waals surface area contributed by atoms with Crippen molar-refractivity contribution < 1.29 is 48.7 Å². The van der Waals surface area contributed by atoms with Crippen molar-refractivity contribution in [2.24, 2.45) is 0 Å². The second-order valence-electron chi connectivity index (χ2n) is 6.36. The summed E-state index contributed by atoms with van der Waals surface area (Å²) in [4.78, 5) is 11.7. The molecule has 1 saturated heterocycles. The molecule has 0 aliphatic carbocycles. The molecule has 1 aromatic carbocycles. The van der Waals surface area contributed by atoms with Crippen LogP contribution in [0.1, 0.15) is 12.8 Å². The number of hydrogen-bond acceptors (Lipinski definition) is 4. The Kier molecular flexibility index (Phi) is 6.13. The molecular weight excluding hydrogens is 435 g/mol. The molecule has 0 atom stereocenters. The molecular formula is C16H16F7NO4S. The summed E-state index contributed by atoms with van der Waals surface area (Å²) in [6.45, 7) is -1.41. The highest BCUT2D eigenvalue weighted by molar-refractivity contribution is 7.92. The highest BCUT2D eigenvalue weighted by atomic mass is 32.2. The second kappa shape index (κ2) is 7.65. The van der Waals surface area contributed by atoms with Gasteiger partial charge in [0.05, 0.1) is 17.3 Å². The van der Waals surface area contributed by atoms with E-state index in [0.717, 1.165) is 0 Å². The zero-order valence-corrected chi connectivity index (χ0v) is 15.7. The monoisotopic (exact) mass is 451 g/mol. The van der Waals surface area contributed by atoms with Crippen molar-refractivity contribution in [1.82, 2.24) is 4.90 Å². The van der Waals surface area contributed by atoms with E-state index in [1.54, 1.807) is 0 Å². The molecule has 164 valence electrons. The number of ether oxygens (including phenoxy) is 1. The lowest BCUT2D eigenvalue weighted by Crippen LogP contribution is -2.61. The first kappa shape index (κ1) is 23.2. The van der Waals surface area contributed by atoms with Gasteiger partial charge in [0.25, 0.3) is 5.91 Å². The van der Waals surface area contributed by atoms with Crippen LogP contribution in [0, 0.1) is 0 Å². The Morgan fingerprint density at radius 1 is 1.00 bits per heavy atom. The smallest absolute Gasteiger partial charge is 0.460 e. The van der Waals surface area contributed by atoms with Crippen molar-refractivity contribution in [2.75, 3.05) is 20.2 Å². The maximum atomic E-state index is 13.6. The topological polar surface area (TPSA) is 63.7 Å². The van der Waals surface area contributed by atoms with Gasteiger partial charge in [-0.3, -0.25) is 4.79 Å². The Balaban J connectivity index is 2.12. The van der Waals surface area contributed by atoms with E-state index in [2.05, 4.69) is 0 Å². The quantitative estimate of drug-likeness (QED) is 0.645. The van der Waals surface area contributed by atoms with Gasteiger partial charge in [-0.25, -0.2) is 8.42 Å². The molecule has 1 amide bonds. The van der Waals surface area contributed by atoms with E-state index in [-0.39, 0.29) is 9.80 Å². The van der Waals surface area contributed by atoms with Crippen molar-refractivity contribution in [3.8, 4) is 5.75 Å². The number of carbonyl (C=O) groups is 1. The summed E-state index contributed by atoms with van der Waals surface area (Å²) in [6, 6.07) is 5.27. The standard InChI is InChI=1S/C16H16F7NO4S/c1-28-10-2-4-11(5-3-10)29(26,27)12-6-8-24(9-7-12)13(25)14(17,18)15(19,20)16(21,22)23/h2-5,12H,6-9H2,1H3. The largest absolute Gasteiger partial charge is 0.497 e. The summed E-state index contributed by atoms with van der Waals surface area (Å²) < 4.78 is 120. The lowest BCUT2D eigenvalue weighted by atomic mass is 10.1. The van der Waals surface area contributed by atoms with Crippen LogP contribution in [0.4, 0.5) is 30.7 Å². The fraction of sp³-hybridized carbons (Fsp3) is 0.562. The summed E-state index contributed by atoms with van der Waals surface area (Å²) in [5.74, 6) is -14.9. The van der Waals surface area contributed by atoms with Crippen LogP contribution >= 0.6 is 0 Å². The molecule has 0 spiro atoms. The minimum absolute atomic E-state index is 0.1000. The Morgan fingerprint density at radius 2 is 1.48 bits per heavy atom. The third-order valence-corrected chi connectivity index (χ3v) is 6.85. The number of carbonyl (C=O) groups excluding carboxylic acids is 1. The second-order valence-corrected chi connectivity index (χ2v) is 8.59. The van der Waals surface area contributed by atoms with Gasteiger partial charge in [-0.2, -0.15) is 30.7 Å². The van der Waals surface area contributed by atoms with Crippen LogP contribution in [0.25, 0.3) is 0 Å². The van der Waals surface area contributed by atoms with Gasteiger partial charge >= 0.3 is 18.0 Å². The highest BCUT2D eigenvalue weighted by Gasteiger charge is 2.76. The van der Waals surface area contributed by atoms with Crippen LogP contribution in [0.15, 0.2) is 29.2 Å². The van der Waals surface area contributed by atoms with Crippen molar-refractivity contribution in [2.45, 2.75) is 41.0 Å². The lowest BCUT2D eigenvalue weighted by Gasteiger charge is -2.36. The Labute approximate surface area is 161 Å².